The van der Waals surface area contributed by atoms with Gasteiger partial charge in [-0.05, 0) is 6.07 Å². The lowest BCUT2D eigenvalue weighted by molar-refractivity contribution is 0.574. The number of nitrogens with two attached hydrogens (primary N) is 1. The molecular formula is C12H12F2N4O2. The van der Waals surface area contributed by atoms with Crippen molar-refractivity contribution >= 4 is 11.5 Å². The molecule has 1 aromatic carbocycles. The molecule has 6 nitrogen and oxygen atoms in total. The minimum atomic E-state index is -0.739. The second-order valence-corrected chi connectivity index (χ2v) is 4.17. The predicted molar refractivity (Wildman–Crippen MR) is 70.4 cm³/mol. The Kier molecular flexibility index (Phi) is 3.55. The molecular weight excluding hydrogens is 270 g/mol. The minimum absolute atomic E-state index is 0.0455. The Bertz CT molecular complexity index is 767. The number of hydrogen-bond donors (Lipinski definition) is 3. The second kappa shape index (κ2) is 5.16. The topological polar surface area (TPSA) is 92.9 Å². The molecule has 0 aliphatic heterocycles. The van der Waals surface area contributed by atoms with Crippen molar-refractivity contribution in [3.05, 3.63) is 56.2 Å². The quantitative estimate of drug-likeness (QED) is 0.766. The van der Waals surface area contributed by atoms with E-state index in [-0.39, 0.29) is 23.6 Å². The highest BCUT2D eigenvalue weighted by Crippen LogP contribution is 2.13. The zero-order valence-corrected chi connectivity index (χ0v) is 10.5. The minimum Gasteiger partial charge on any atom is -0.383 e. The van der Waals surface area contributed by atoms with E-state index in [9.17, 15) is 18.4 Å². The molecule has 0 bridgehead atoms. The SMILES string of the molecule is Cn1c(N)c(NCc2ccc(F)cc2F)c(=O)[nH]c1=O. The highest BCUT2D eigenvalue weighted by Gasteiger charge is 2.10. The van der Waals surface area contributed by atoms with Crippen molar-refractivity contribution in [3.63, 3.8) is 0 Å². The fourth-order valence-corrected chi connectivity index (χ4v) is 1.66. The van der Waals surface area contributed by atoms with Gasteiger partial charge in [-0.2, -0.15) is 0 Å². The lowest BCUT2D eigenvalue weighted by atomic mass is 10.2. The number of aromatic nitrogens is 2. The Labute approximate surface area is 111 Å². The number of nitrogens with one attached hydrogen (secondary N) is 2. The molecule has 1 aromatic heterocycles. The zero-order valence-electron chi connectivity index (χ0n) is 10.5. The van der Waals surface area contributed by atoms with E-state index in [2.05, 4.69) is 10.3 Å². The Balaban J connectivity index is 2.30. The molecule has 2 rings (SSSR count). The fourth-order valence-electron chi connectivity index (χ4n) is 1.66. The van der Waals surface area contributed by atoms with Crippen molar-refractivity contribution in [2.24, 2.45) is 7.05 Å². The number of benzene rings is 1. The molecule has 0 radical (unpaired) electrons. The van der Waals surface area contributed by atoms with E-state index in [0.717, 1.165) is 16.7 Å². The van der Waals surface area contributed by atoms with Crippen LogP contribution < -0.4 is 22.3 Å². The van der Waals surface area contributed by atoms with Gasteiger partial charge in [0.1, 0.15) is 23.1 Å². The maximum absolute atomic E-state index is 13.4. The van der Waals surface area contributed by atoms with Crippen molar-refractivity contribution in [2.75, 3.05) is 11.1 Å². The molecule has 0 fully saturated rings. The van der Waals surface area contributed by atoms with Crippen LogP contribution in [0.3, 0.4) is 0 Å². The zero-order chi connectivity index (χ0) is 14.9. The van der Waals surface area contributed by atoms with Gasteiger partial charge in [-0.25, -0.2) is 13.6 Å². The number of aromatic amines is 1. The van der Waals surface area contributed by atoms with Gasteiger partial charge in [0.25, 0.3) is 5.56 Å². The van der Waals surface area contributed by atoms with Crippen molar-refractivity contribution in [2.45, 2.75) is 6.54 Å². The third kappa shape index (κ3) is 2.53. The monoisotopic (exact) mass is 282 g/mol. The van der Waals surface area contributed by atoms with Crippen LogP contribution in [-0.2, 0) is 13.6 Å². The van der Waals surface area contributed by atoms with E-state index >= 15 is 0 Å². The Morgan fingerprint density at radius 3 is 2.70 bits per heavy atom. The van der Waals surface area contributed by atoms with Gasteiger partial charge in [0.2, 0.25) is 0 Å². The molecule has 0 aliphatic rings. The molecule has 0 saturated heterocycles. The summed E-state index contributed by atoms with van der Waals surface area (Å²) in [6, 6.07) is 3.10. The van der Waals surface area contributed by atoms with Crippen LogP contribution in [0.4, 0.5) is 20.3 Å². The van der Waals surface area contributed by atoms with Crippen LogP contribution in [-0.4, -0.2) is 9.55 Å². The molecule has 0 unspecified atom stereocenters. The molecule has 0 aliphatic carbocycles. The third-order valence-corrected chi connectivity index (χ3v) is 2.84. The first-order valence-electron chi connectivity index (χ1n) is 5.66. The van der Waals surface area contributed by atoms with Crippen LogP contribution in [0.15, 0.2) is 27.8 Å². The lowest BCUT2D eigenvalue weighted by Gasteiger charge is -2.11. The first kappa shape index (κ1) is 13.8. The van der Waals surface area contributed by atoms with E-state index in [0.29, 0.717) is 0 Å². The summed E-state index contributed by atoms with van der Waals surface area (Å²) in [4.78, 5) is 24.9. The van der Waals surface area contributed by atoms with E-state index in [4.69, 9.17) is 5.73 Å². The normalized spacial score (nSPS) is 10.6. The number of anilines is 2. The first-order chi connectivity index (χ1) is 9.40. The Morgan fingerprint density at radius 1 is 1.35 bits per heavy atom. The van der Waals surface area contributed by atoms with Gasteiger partial charge >= 0.3 is 5.69 Å². The van der Waals surface area contributed by atoms with Crippen LogP contribution in [0.1, 0.15) is 5.56 Å². The number of nitrogen functional groups attached to an aromatic ring is 1. The summed E-state index contributed by atoms with van der Waals surface area (Å²) in [5.74, 6) is -1.50. The summed E-state index contributed by atoms with van der Waals surface area (Å²) in [6.45, 7) is -0.0718. The summed E-state index contributed by atoms with van der Waals surface area (Å²) in [6.07, 6.45) is 0. The van der Waals surface area contributed by atoms with Gasteiger partial charge in [-0.1, -0.05) is 6.07 Å². The summed E-state index contributed by atoms with van der Waals surface area (Å²) in [5.41, 5.74) is 4.41. The van der Waals surface area contributed by atoms with E-state index in [1.54, 1.807) is 0 Å². The van der Waals surface area contributed by atoms with Gasteiger partial charge in [0.05, 0.1) is 0 Å². The summed E-state index contributed by atoms with van der Waals surface area (Å²) in [5, 5.41) is 2.63. The molecule has 8 heteroatoms. The van der Waals surface area contributed by atoms with Crippen molar-refractivity contribution in [3.8, 4) is 0 Å². The highest BCUT2D eigenvalue weighted by molar-refractivity contribution is 5.60. The molecule has 0 spiro atoms. The Morgan fingerprint density at radius 2 is 2.05 bits per heavy atom. The summed E-state index contributed by atoms with van der Waals surface area (Å²) >= 11 is 0. The summed E-state index contributed by atoms with van der Waals surface area (Å²) < 4.78 is 27.3. The fraction of sp³-hybridized carbons (Fsp3) is 0.167. The van der Waals surface area contributed by atoms with Crippen LogP contribution in [0.2, 0.25) is 0 Å². The van der Waals surface area contributed by atoms with Crippen LogP contribution >= 0.6 is 0 Å². The maximum Gasteiger partial charge on any atom is 0.329 e. The van der Waals surface area contributed by atoms with Gasteiger partial charge in [-0.15, -0.1) is 0 Å². The molecule has 0 saturated carbocycles. The number of nitrogens with zero attached hydrogens (tertiary/aromatic N) is 1. The van der Waals surface area contributed by atoms with Crippen LogP contribution in [0.5, 0.6) is 0 Å². The van der Waals surface area contributed by atoms with Crippen molar-refractivity contribution in [1.29, 1.82) is 0 Å². The smallest absolute Gasteiger partial charge is 0.329 e. The largest absolute Gasteiger partial charge is 0.383 e. The molecule has 106 valence electrons. The number of hydrogen-bond acceptors (Lipinski definition) is 4. The number of rotatable bonds is 3. The van der Waals surface area contributed by atoms with Gasteiger partial charge in [-0.3, -0.25) is 14.3 Å². The standard InChI is InChI=1S/C12H12F2N4O2/c1-18-10(15)9(11(19)17-12(18)20)16-5-6-2-3-7(13)4-8(6)14/h2-4,16H,5,15H2,1H3,(H,17,19,20). The number of halogens is 2. The third-order valence-electron chi connectivity index (χ3n) is 2.84. The lowest BCUT2D eigenvalue weighted by Crippen LogP contribution is -2.32. The van der Waals surface area contributed by atoms with Crippen molar-refractivity contribution in [1.82, 2.24) is 9.55 Å². The van der Waals surface area contributed by atoms with E-state index < -0.39 is 22.9 Å². The molecule has 2 aromatic rings. The van der Waals surface area contributed by atoms with Gasteiger partial charge in [0, 0.05) is 25.2 Å². The van der Waals surface area contributed by atoms with Crippen LogP contribution in [0, 0.1) is 11.6 Å². The van der Waals surface area contributed by atoms with Gasteiger partial charge < -0.3 is 11.1 Å². The molecule has 0 atom stereocenters. The number of H-pyrrole nitrogens is 1. The molecule has 20 heavy (non-hydrogen) atoms. The Hall–Kier alpha value is -2.64. The van der Waals surface area contributed by atoms with E-state index in [1.165, 1.54) is 13.1 Å². The first-order valence-corrected chi connectivity index (χ1v) is 5.66. The maximum atomic E-state index is 13.4. The van der Waals surface area contributed by atoms with Crippen molar-refractivity contribution < 1.29 is 8.78 Å². The van der Waals surface area contributed by atoms with Crippen LogP contribution in [0.25, 0.3) is 0 Å². The predicted octanol–water partition coefficient (Wildman–Crippen LogP) is 0.546. The molecule has 1 heterocycles. The molecule has 0 amide bonds. The average Bonchev–Trinajstić information content (AvgIpc) is 2.38. The molecule has 4 N–H and O–H groups in total. The summed E-state index contributed by atoms with van der Waals surface area (Å²) in [7, 11) is 1.39. The van der Waals surface area contributed by atoms with Gasteiger partial charge in [0.15, 0.2) is 0 Å². The van der Waals surface area contributed by atoms with E-state index in [1.807, 2.05) is 0 Å². The average molecular weight is 282 g/mol. The highest BCUT2D eigenvalue weighted by atomic mass is 19.1. The second-order valence-electron chi connectivity index (χ2n) is 4.17.